The van der Waals surface area contributed by atoms with E-state index in [4.69, 9.17) is 4.74 Å². The first-order valence-electron chi connectivity index (χ1n) is 11.8. The molecule has 0 bridgehead atoms. The zero-order valence-electron chi connectivity index (χ0n) is 20.2. The molecule has 0 spiro atoms. The Morgan fingerprint density at radius 3 is 2.60 bits per heavy atom. The Hall–Kier alpha value is -3.49. The number of nitrogens with one attached hydrogen (secondary N) is 1. The van der Waals surface area contributed by atoms with Gasteiger partial charge in [-0.05, 0) is 42.4 Å². The predicted octanol–water partition coefficient (Wildman–Crippen LogP) is 2.37. The fraction of sp³-hybridized carbons (Fsp3) is 0.370. The lowest BCUT2D eigenvalue weighted by Crippen LogP contribution is -2.45. The molecule has 0 radical (unpaired) electrons. The van der Waals surface area contributed by atoms with Crippen LogP contribution in [0.3, 0.4) is 0 Å². The van der Waals surface area contributed by atoms with Crippen LogP contribution in [0.25, 0.3) is 6.08 Å². The van der Waals surface area contributed by atoms with E-state index < -0.39 is 5.97 Å². The predicted molar refractivity (Wildman–Crippen MR) is 134 cm³/mol. The largest absolute Gasteiger partial charge is 0.492 e. The fourth-order valence-electron chi connectivity index (χ4n) is 4.49. The van der Waals surface area contributed by atoms with Crippen molar-refractivity contribution in [3.8, 4) is 5.75 Å². The van der Waals surface area contributed by atoms with E-state index in [0.717, 1.165) is 43.0 Å². The fourth-order valence-corrected chi connectivity index (χ4v) is 4.49. The van der Waals surface area contributed by atoms with Crippen molar-refractivity contribution in [2.24, 2.45) is 0 Å². The molecule has 0 atom stereocenters. The highest BCUT2D eigenvalue weighted by Gasteiger charge is 2.26. The van der Waals surface area contributed by atoms with Crippen LogP contribution in [-0.2, 0) is 22.4 Å². The second kappa shape index (κ2) is 10.8. The summed E-state index contributed by atoms with van der Waals surface area (Å²) in [7, 11) is 3.90. The standard InChI is InChI=1S/C27H31N3O5/c1-28-23-5-3-4-18-14-22(25(32)17-21(18)23)24(31)15-19-6-7-20(27(33)34)16-26(19)35-13-12-30-10-8-29(2)9-11-30/h3-7,14,16,28H,8-13,15,17H2,1-2H3,(H,33,34). The Bertz CT molecular complexity index is 1170. The average Bonchev–Trinajstić information content (AvgIpc) is 2.85. The van der Waals surface area contributed by atoms with Gasteiger partial charge in [0.15, 0.2) is 11.6 Å². The van der Waals surface area contributed by atoms with Crippen LogP contribution < -0.4 is 10.1 Å². The van der Waals surface area contributed by atoms with E-state index in [1.165, 1.54) is 12.1 Å². The molecule has 1 aliphatic heterocycles. The maximum Gasteiger partial charge on any atom is 0.335 e. The van der Waals surface area contributed by atoms with Gasteiger partial charge in [-0.15, -0.1) is 0 Å². The Morgan fingerprint density at radius 2 is 1.89 bits per heavy atom. The first-order valence-corrected chi connectivity index (χ1v) is 11.8. The van der Waals surface area contributed by atoms with E-state index in [1.807, 2.05) is 18.2 Å². The van der Waals surface area contributed by atoms with Gasteiger partial charge in [-0.3, -0.25) is 14.5 Å². The van der Waals surface area contributed by atoms with Crippen molar-refractivity contribution >= 4 is 29.3 Å². The summed E-state index contributed by atoms with van der Waals surface area (Å²) >= 11 is 0. The van der Waals surface area contributed by atoms with Crippen LogP contribution in [0.1, 0.15) is 27.0 Å². The topological polar surface area (TPSA) is 99.2 Å². The zero-order valence-corrected chi connectivity index (χ0v) is 20.2. The maximum absolute atomic E-state index is 13.2. The maximum atomic E-state index is 13.2. The number of likely N-dealkylation sites (N-methyl/N-ethyl adjacent to an activating group) is 1. The molecular formula is C27H31N3O5. The molecule has 2 aromatic carbocycles. The average molecular weight is 478 g/mol. The van der Waals surface area contributed by atoms with Crippen LogP contribution >= 0.6 is 0 Å². The summed E-state index contributed by atoms with van der Waals surface area (Å²) in [5.41, 5.74) is 3.44. The molecule has 0 saturated carbocycles. The van der Waals surface area contributed by atoms with Crippen molar-refractivity contribution in [1.29, 1.82) is 0 Å². The third-order valence-corrected chi connectivity index (χ3v) is 6.65. The Labute approximate surface area is 205 Å². The van der Waals surface area contributed by atoms with Crippen LogP contribution in [0.15, 0.2) is 42.0 Å². The molecular weight excluding hydrogens is 446 g/mol. The van der Waals surface area contributed by atoms with Gasteiger partial charge in [-0.25, -0.2) is 4.79 Å². The van der Waals surface area contributed by atoms with Crippen molar-refractivity contribution in [3.05, 3.63) is 64.2 Å². The Balaban J connectivity index is 1.50. The molecule has 0 amide bonds. The smallest absolute Gasteiger partial charge is 0.335 e. The number of carboxylic acid groups (broad SMARTS) is 1. The van der Waals surface area contributed by atoms with Gasteiger partial charge in [0, 0.05) is 63.9 Å². The number of ether oxygens (including phenoxy) is 1. The molecule has 0 unspecified atom stereocenters. The van der Waals surface area contributed by atoms with E-state index in [1.54, 1.807) is 19.2 Å². The lowest BCUT2D eigenvalue weighted by molar-refractivity contribution is -0.120. The van der Waals surface area contributed by atoms with E-state index in [9.17, 15) is 19.5 Å². The van der Waals surface area contributed by atoms with Crippen molar-refractivity contribution in [3.63, 3.8) is 0 Å². The van der Waals surface area contributed by atoms with Gasteiger partial charge in [0.2, 0.25) is 0 Å². The number of fused-ring (bicyclic) bond motifs is 1. The second-order valence-electron chi connectivity index (χ2n) is 9.00. The van der Waals surface area contributed by atoms with Gasteiger partial charge in [0.05, 0.1) is 11.1 Å². The summed E-state index contributed by atoms with van der Waals surface area (Å²) in [6, 6.07) is 10.2. The summed E-state index contributed by atoms with van der Waals surface area (Å²) in [6.45, 7) is 5.00. The molecule has 2 aliphatic rings. The van der Waals surface area contributed by atoms with E-state index in [-0.39, 0.29) is 35.5 Å². The molecule has 1 fully saturated rings. The van der Waals surface area contributed by atoms with Crippen LogP contribution in [0.5, 0.6) is 5.75 Å². The van der Waals surface area contributed by atoms with E-state index in [0.29, 0.717) is 24.5 Å². The van der Waals surface area contributed by atoms with Crippen LogP contribution in [-0.4, -0.2) is 85.9 Å². The molecule has 0 aromatic heterocycles. The highest BCUT2D eigenvalue weighted by Crippen LogP contribution is 2.30. The Morgan fingerprint density at radius 1 is 1.11 bits per heavy atom. The number of rotatable bonds is 9. The summed E-state index contributed by atoms with van der Waals surface area (Å²) in [4.78, 5) is 42.1. The minimum absolute atomic E-state index is 0.0393. The summed E-state index contributed by atoms with van der Waals surface area (Å²) < 4.78 is 5.98. The van der Waals surface area contributed by atoms with Crippen molar-refractivity contribution in [1.82, 2.24) is 9.80 Å². The molecule has 4 rings (SSSR count). The molecule has 8 heteroatoms. The van der Waals surface area contributed by atoms with Gasteiger partial charge in [-0.1, -0.05) is 18.2 Å². The molecule has 2 aromatic rings. The van der Waals surface area contributed by atoms with Crippen LogP contribution in [0.2, 0.25) is 0 Å². The van der Waals surface area contributed by atoms with Gasteiger partial charge in [0.25, 0.3) is 0 Å². The molecule has 35 heavy (non-hydrogen) atoms. The highest BCUT2D eigenvalue weighted by atomic mass is 16.5. The number of allylic oxidation sites excluding steroid dienone is 1. The monoisotopic (exact) mass is 477 g/mol. The number of ketones is 2. The number of carboxylic acids is 1. The van der Waals surface area contributed by atoms with Crippen molar-refractivity contribution in [2.75, 3.05) is 58.7 Å². The SMILES string of the molecule is CNc1cccc2c1CC(=O)C(C(=O)Cc1ccc(C(=O)O)cc1OCCN1CCN(C)CC1)=C2. The number of benzene rings is 2. The molecule has 1 aliphatic carbocycles. The summed E-state index contributed by atoms with van der Waals surface area (Å²) in [5.74, 6) is -1.21. The molecule has 184 valence electrons. The van der Waals surface area contributed by atoms with Crippen molar-refractivity contribution < 1.29 is 24.2 Å². The number of nitrogens with zero attached hydrogens (tertiary/aromatic N) is 2. The van der Waals surface area contributed by atoms with Crippen LogP contribution in [0, 0.1) is 0 Å². The number of carbonyl (C=O) groups is 3. The number of Topliss-reactive ketones (excluding diaryl/α,β-unsaturated/α-hetero) is 2. The van der Waals surface area contributed by atoms with Crippen LogP contribution in [0.4, 0.5) is 5.69 Å². The van der Waals surface area contributed by atoms with E-state index >= 15 is 0 Å². The second-order valence-corrected chi connectivity index (χ2v) is 9.00. The highest BCUT2D eigenvalue weighted by molar-refractivity contribution is 6.25. The third-order valence-electron chi connectivity index (χ3n) is 6.65. The number of piperazine rings is 1. The summed E-state index contributed by atoms with van der Waals surface area (Å²) in [6.07, 6.45) is 1.78. The quantitative estimate of drug-likeness (QED) is 0.531. The zero-order chi connectivity index (χ0) is 24.9. The molecule has 2 N–H and O–H groups in total. The minimum atomic E-state index is -1.06. The van der Waals surface area contributed by atoms with Gasteiger partial charge >= 0.3 is 5.97 Å². The van der Waals surface area contributed by atoms with Gasteiger partial charge in [-0.2, -0.15) is 0 Å². The lowest BCUT2D eigenvalue weighted by Gasteiger charge is -2.32. The number of aromatic carboxylic acids is 1. The normalized spacial score (nSPS) is 16.4. The Kier molecular flexibility index (Phi) is 7.63. The first kappa shape index (κ1) is 24.6. The molecule has 1 saturated heterocycles. The third kappa shape index (κ3) is 5.78. The van der Waals surface area contributed by atoms with Crippen molar-refractivity contribution in [2.45, 2.75) is 12.8 Å². The number of hydrogen-bond acceptors (Lipinski definition) is 7. The lowest BCUT2D eigenvalue weighted by atomic mass is 9.86. The van der Waals surface area contributed by atoms with E-state index in [2.05, 4.69) is 22.2 Å². The number of anilines is 1. The van der Waals surface area contributed by atoms with Gasteiger partial charge < -0.3 is 20.1 Å². The number of hydrogen-bond donors (Lipinski definition) is 2. The minimum Gasteiger partial charge on any atom is -0.492 e. The number of carbonyl (C=O) groups excluding carboxylic acids is 2. The molecule has 1 heterocycles. The molecule has 8 nitrogen and oxygen atoms in total. The summed E-state index contributed by atoms with van der Waals surface area (Å²) in [5, 5.41) is 12.5. The first-order chi connectivity index (χ1) is 16.9. The van der Waals surface area contributed by atoms with Gasteiger partial charge in [0.1, 0.15) is 12.4 Å².